The average molecular weight is 307 g/mol. The fourth-order valence-electron chi connectivity index (χ4n) is 1.80. The Hall–Kier alpha value is -2.02. The molecule has 0 fully saturated rings. The first-order valence-corrected chi connectivity index (χ1v) is 7.91. The van der Waals surface area contributed by atoms with Crippen LogP contribution >= 0.6 is 0 Å². The second kappa shape index (κ2) is 6.62. The summed E-state index contributed by atoms with van der Waals surface area (Å²) in [7, 11) is -1.14. The van der Waals surface area contributed by atoms with Gasteiger partial charge in [-0.15, -0.1) is 5.10 Å². The molecule has 1 heterocycles. The van der Waals surface area contributed by atoms with Crippen molar-refractivity contribution in [2.24, 2.45) is 0 Å². The smallest absolute Gasteiger partial charge is 0.358 e. The summed E-state index contributed by atoms with van der Waals surface area (Å²) in [6, 6.07) is 7.71. The normalized spacial score (nSPS) is 12.5. The van der Waals surface area contributed by atoms with Crippen LogP contribution in [0.3, 0.4) is 0 Å². The third-order valence-electron chi connectivity index (χ3n) is 3.07. The Bertz CT molecular complexity index is 650. The molecule has 0 bridgehead atoms. The second-order valence-electron chi connectivity index (χ2n) is 4.95. The van der Waals surface area contributed by atoms with Gasteiger partial charge in [-0.05, 0) is 23.6 Å². The third-order valence-corrected chi connectivity index (χ3v) is 4.42. The summed E-state index contributed by atoms with van der Waals surface area (Å²) in [5.74, 6) is -0.313. The summed E-state index contributed by atoms with van der Waals surface area (Å²) in [5.41, 5.74) is 1.10. The van der Waals surface area contributed by atoms with Crippen molar-refractivity contribution in [3.63, 3.8) is 0 Å². The number of hydrogen-bond donors (Lipinski definition) is 1. The van der Waals surface area contributed by atoms with E-state index >= 15 is 0 Å². The number of aryl methyl sites for hydroxylation is 1. The molecule has 2 rings (SSSR count). The van der Waals surface area contributed by atoms with E-state index in [1.807, 2.05) is 24.3 Å². The van der Waals surface area contributed by atoms with E-state index < -0.39 is 16.8 Å². The van der Waals surface area contributed by atoms with Crippen LogP contribution in [0.15, 0.2) is 35.4 Å². The minimum atomic E-state index is -1.14. The lowest BCUT2D eigenvalue weighted by molar-refractivity contribution is 0.0690. The highest BCUT2D eigenvalue weighted by Crippen LogP contribution is 2.16. The quantitative estimate of drug-likeness (QED) is 0.881. The number of nitrogens with zero attached hydrogens (tertiary/aromatic N) is 3. The van der Waals surface area contributed by atoms with E-state index in [-0.39, 0.29) is 5.69 Å². The molecule has 1 atom stereocenters. The predicted molar refractivity (Wildman–Crippen MR) is 78.8 cm³/mol. The molecule has 0 amide bonds. The number of rotatable bonds is 6. The summed E-state index contributed by atoms with van der Waals surface area (Å²) in [6.45, 7) is 4.58. The molecular formula is C14H17N3O3S. The van der Waals surface area contributed by atoms with Crippen molar-refractivity contribution in [3.8, 4) is 0 Å². The Labute approximate surface area is 125 Å². The molecule has 7 heteroatoms. The van der Waals surface area contributed by atoms with Gasteiger partial charge in [-0.25, -0.2) is 4.79 Å². The average Bonchev–Trinajstić information content (AvgIpc) is 2.94. The molecule has 0 spiro atoms. The molecule has 21 heavy (non-hydrogen) atoms. The topological polar surface area (TPSA) is 85.1 Å². The number of carboxylic acid groups (broad SMARTS) is 1. The summed E-state index contributed by atoms with van der Waals surface area (Å²) in [5, 5.41) is 16.0. The number of benzene rings is 1. The van der Waals surface area contributed by atoms with Crippen molar-refractivity contribution in [2.75, 3.05) is 5.75 Å². The van der Waals surface area contributed by atoms with Gasteiger partial charge in [0.2, 0.25) is 0 Å². The first-order chi connectivity index (χ1) is 9.97. The standard InChI is InChI=1S/C14H17N3O3S/c1-10(2)11-3-5-12(6-4-11)21(20)8-7-17-9-13(14(18)19)15-16-17/h3-6,9-10H,7-8H2,1-2H3,(H,18,19). The van der Waals surface area contributed by atoms with Crippen LogP contribution in [0, 0.1) is 0 Å². The number of aromatic carboxylic acids is 1. The molecule has 0 aliphatic rings. The monoisotopic (exact) mass is 307 g/mol. The van der Waals surface area contributed by atoms with Crippen molar-refractivity contribution >= 4 is 16.8 Å². The van der Waals surface area contributed by atoms with Crippen molar-refractivity contribution in [3.05, 3.63) is 41.7 Å². The zero-order chi connectivity index (χ0) is 15.4. The highest BCUT2D eigenvalue weighted by atomic mass is 32.2. The van der Waals surface area contributed by atoms with E-state index in [9.17, 15) is 9.00 Å². The van der Waals surface area contributed by atoms with Gasteiger partial charge in [0.05, 0.1) is 23.5 Å². The van der Waals surface area contributed by atoms with Crippen LogP contribution in [0.5, 0.6) is 0 Å². The second-order valence-corrected chi connectivity index (χ2v) is 6.52. The van der Waals surface area contributed by atoms with Crippen molar-refractivity contribution in [1.29, 1.82) is 0 Å². The van der Waals surface area contributed by atoms with Crippen LogP contribution in [0.25, 0.3) is 0 Å². The van der Waals surface area contributed by atoms with Crippen LogP contribution in [-0.4, -0.2) is 36.0 Å². The fourth-order valence-corrected chi connectivity index (χ4v) is 2.83. The van der Waals surface area contributed by atoms with E-state index in [0.717, 1.165) is 4.90 Å². The zero-order valence-electron chi connectivity index (χ0n) is 11.9. The van der Waals surface area contributed by atoms with Gasteiger partial charge in [-0.3, -0.25) is 8.89 Å². The molecular weight excluding hydrogens is 290 g/mol. The van der Waals surface area contributed by atoms with Gasteiger partial charge in [-0.2, -0.15) is 0 Å². The molecule has 1 unspecified atom stereocenters. The lowest BCUT2D eigenvalue weighted by Gasteiger charge is -2.07. The maximum Gasteiger partial charge on any atom is 0.358 e. The minimum absolute atomic E-state index is 0.109. The number of hydrogen-bond acceptors (Lipinski definition) is 4. The van der Waals surface area contributed by atoms with Crippen LogP contribution in [-0.2, 0) is 17.3 Å². The Morgan fingerprint density at radius 3 is 2.52 bits per heavy atom. The Morgan fingerprint density at radius 2 is 2.00 bits per heavy atom. The summed E-state index contributed by atoms with van der Waals surface area (Å²) in [4.78, 5) is 11.4. The first-order valence-electron chi connectivity index (χ1n) is 6.59. The summed E-state index contributed by atoms with van der Waals surface area (Å²) >= 11 is 0. The Morgan fingerprint density at radius 1 is 1.33 bits per heavy atom. The largest absolute Gasteiger partial charge is 0.476 e. The molecule has 6 nitrogen and oxygen atoms in total. The van der Waals surface area contributed by atoms with Crippen molar-refractivity contribution < 1.29 is 14.1 Å². The molecule has 1 aromatic heterocycles. The lowest BCUT2D eigenvalue weighted by atomic mass is 10.0. The van der Waals surface area contributed by atoms with E-state index in [4.69, 9.17) is 5.11 Å². The molecule has 2 aromatic rings. The maximum absolute atomic E-state index is 12.2. The highest BCUT2D eigenvalue weighted by molar-refractivity contribution is 7.85. The third kappa shape index (κ3) is 3.98. The summed E-state index contributed by atoms with van der Waals surface area (Å²) in [6.07, 6.45) is 1.33. The van der Waals surface area contributed by atoms with Crippen LogP contribution in [0.4, 0.5) is 0 Å². The molecule has 112 valence electrons. The van der Waals surface area contributed by atoms with E-state index in [0.29, 0.717) is 18.2 Å². The number of carbonyl (C=O) groups is 1. The van der Waals surface area contributed by atoms with Gasteiger partial charge >= 0.3 is 5.97 Å². The molecule has 0 aliphatic heterocycles. The molecule has 0 saturated heterocycles. The highest BCUT2D eigenvalue weighted by Gasteiger charge is 2.10. The molecule has 1 aromatic carbocycles. The van der Waals surface area contributed by atoms with Crippen LogP contribution in [0.2, 0.25) is 0 Å². The first kappa shape index (κ1) is 15.4. The van der Waals surface area contributed by atoms with Crippen LogP contribution in [0.1, 0.15) is 35.8 Å². The molecule has 0 saturated carbocycles. The van der Waals surface area contributed by atoms with E-state index in [1.54, 1.807) is 0 Å². The van der Waals surface area contributed by atoms with Crippen molar-refractivity contribution in [1.82, 2.24) is 15.0 Å². The van der Waals surface area contributed by atoms with Gasteiger partial charge in [0.25, 0.3) is 0 Å². The SMILES string of the molecule is CC(C)c1ccc(S(=O)CCn2cc(C(=O)O)nn2)cc1. The van der Waals surface area contributed by atoms with Gasteiger partial charge in [0.1, 0.15) is 0 Å². The van der Waals surface area contributed by atoms with E-state index in [1.165, 1.54) is 16.4 Å². The van der Waals surface area contributed by atoms with Gasteiger partial charge in [0, 0.05) is 10.6 Å². The van der Waals surface area contributed by atoms with Gasteiger partial charge in [0.15, 0.2) is 5.69 Å². The molecule has 1 N–H and O–H groups in total. The van der Waals surface area contributed by atoms with Crippen molar-refractivity contribution in [2.45, 2.75) is 31.2 Å². The predicted octanol–water partition coefficient (Wildman–Crippen LogP) is 1.91. The minimum Gasteiger partial charge on any atom is -0.476 e. The van der Waals surface area contributed by atoms with Crippen LogP contribution < -0.4 is 0 Å². The Balaban J connectivity index is 1.96. The molecule has 0 radical (unpaired) electrons. The number of aromatic nitrogens is 3. The zero-order valence-corrected chi connectivity index (χ0v) is 12.7. The molecule has 0 aliphatic carbocycles. The summed E-state index contributed by atoms with van der Waals surface area (Å²) < 4.78 is 13.6. The maximum atomic E-state index is 12.2. The fraction of sp³-hybridized carbons (Fsp3) is 0.357. The van der Waals surface area contributed by atoms with Gasteiger partial charge in [-0.1, -0.05) is 31.2 Å². The number of carboxylic acids is 1. The van der Waals surface area contributed by atoms with E-state index in [2.05, 4.69) is 24.2 Å². The lowest BCUT2D eigenvalue weighted by Crippen LogP contribution is -2.08. The Kier molecular flexibility index (Phi) is 4.85. The van der Waals surface area contributed by atoms with Gasteiger partial charge < -0.3 is 5.11 Å².